The number of aromatic nitrogens is 1. The first kappa shape index (κ1) is 23.0. The van der Waals surface area contributed by atoms with Gasteiger partial charge in [-0.15, -0.1) is 0 Å². The highest BCUT2D eigenvalue weighted by molar-refractivity contribution is 6.30. The predicted molar refractivity (Wildman–Crippen MR) is 123 cm³/mol. The third kappa shape index (κ3) is 5.95. The van der Waals surface area contributed by atoms with Gasteiger partial charge in [0.1, 0.15) is 5.82 Å². The highest BCUT2D eigenvalue weighted by Gasteiger charge is 2.25. The third-order valence-electron chi connectivity index (χ3n) is 5.48. The van der Waals surface area contributed by atoms with Gasteiger partial charge in [-0.2, -0.15) is 0 Å². The summed E-state index contributed by atoms with van der Waals surface area (Å²) in [6.07, 6.45) is 3.64. The summed E-state index contributed by atoms with van der Waals surface area (Å²) in [5.74, 6) is 0.196. The van der Waals surface area contributed by atoms with Crippen LogP contribution in [0.3, 0.4) is 0 Å². The average molecular weight is 445 g/mol. The maximum absolute atomic E-state index is 13.2. The number of rotatable bonds is 7. The van der Waals surface area contributed by atoms with Crippen LogP contribution in [-0.4, -0.2) is 49.6 Å². The van der Waals surface area contributed by atoms with Crippen LogP contribution in [0.1, 0.15) is 47.4 Å². The summed E-state index contributed by atoms with van der Waals surface area (Å²) in [6, 6.07) is 8.49. The van der Waals surface area contributed by atoms with Crippen molar-refractivity contribution in [1.82, 2.24) is 10.3 Å². The van der Waals surface area contributed by atoms with Crippen LogP contribution in [0.15, 0.2) is 36.5 Å². The van der Waals surface area contributed by atoms with Crippen LogP contribution in [0.2, 0.25) is 5.02 Å². The minimum Gasteiger partial charge on any atom is -0.465 e. The number of carbonyl (C=O) groups excluding carboxylic acids is 2. The van der Waals surface area contributed by atoms with Gasteiger partial charge in [-0.1, -0.05) is 11.6 Å². The molecule has 0 unspecified atom stereocenters. The van der Waals surface area contributed by atoms with E-state index in [2.05, 4.69) is 34.4 Å². The number of hydrogen-bond acceptors (Lipinski definition) is 6. The second kappa shape index (κ2) is 10.6. The first-order valence-electron chi connectivity index (χ1n) is 10.5. The zero-order valence-corrected chi connectivity index (χ0v) is 18.9. The molecule has 0 aliphatic carbocycles. The van der Waals surface area contributed by atoms with Crippen LogP contribution in [0.25, 0.3) is 0 Å². The smallest absolute Gasteiger partial charge is 0.337 e. The fourth-order valence-corrected chi connectivity index (χ4v) is 3.88. The Labute approximate surface area is 188 Å². The Morgan fingerprint density at radius 1 is 1.26 bits per heavy atom. The number of piperidine rings is 1. The summed E-state index contributed by atoms with van der Waals surface area (Å²) in [4.78, 5) is 31.7. The van der Waals surface area contributed by atoms with Crippen molar-refractivity contribution in [3.63, 3.8) is 0 Å². The Morgan fingerprint density at radius 2 is 2.00 bits per heavy atom. The molecule has 0 saturated carbocycles. The Hall–Kier alpha value is -2.64. The van der Waals surface area contributed by atoms with Crippen LogP contribution < -0.4 is 15.5 Å². The summed E-state index contributed by atoms with van der Waals surface area (Å²) in [6.45, 7) is 6.98. The van der Waals surface area contributed by atoms with Crippen molar-refractivity contribution >= 4 is 35.0 Å². The number of benzene rings is 1. The normalized spacial score (nSPS) is 14.4. The molecular formula is C23H29ClN4O3. The average Bonchev–Trinajstić information content (AvgIpc) is 2.78. The molecule has 1 aliphatic heterocycles. The van der Waals surface area contributed by atoms with Gasteiger partial charge in [-0.3, -0.25) is 4.79 Å². The van der Waals surface area contributed by atoms with Crippen LogP contribution in [0.4, 0.5) is 11.5 Å². The first-order valence-corrected chi connectivity index (χ1v) is 10.9. The van der Waals surface area contributed by atoms with E-state index in [1.165, 1.54) is 13.3 Å². The van der Waals surface area contributed by atoms with Gasteiger partial charge in [0.25, 0.3) is 5.91 Å². The minimum absolute atomic E-state index is 0.142. The third-order valence-corrected chi connectivity index (χ3v) is 5.70. The van der Waals surface area contributed by atoms with Gasteiger partial charge >= 0.3 is 5.97 Å². The van der Waals surface area contributed by atoms with Crippen LogP contribution in [-0.2, 0) is 4.74 Å². The quantitative estimate of drug-likeness (QED) is 0.628. The van der Waals surface area contributed by atoms with E-state index in [0.717, 1.165) is 32.5 Å². The summed E-state index contributed by atoms with van der Waals surface area (Å²) >= 11 is 5.89. The molecule has 2 heterocycles. The maximum atomic E-state index is 13.2. The topological polar surface area (TPSA) is 83.6 Å². The lowest BCUT2D eigenvalue weighted by atomic mass is 9.96. The van der Waals surface area contributed by atoms with Crippen molar-refractivity contribution in [2.45, 2.75) is 32.7 Å². The molecule has 0 atom stereocenters. The molecule has 3 rings (SSSR count). The first-order chi connectivity index (χ1) is 14.9. The second-order valence-electron chi connectivity index (χ2n) is 7.98. The highest BCUT2D eigenvalue weighted by Crippen LogP contribution is 2.28. The lowest BCUT2D eigenvalue weighted by Crippen LogP contribution is -2.40. The van der Waals surface area contributed by atoms with E-state index in [9.17, 15) is 9.59 Å². The van der Waals surface area contributed by atoms with Gasteiger partial charge in [-0.05, 0) is 76.0 Å². The van der Waals surface area contributed by atoms with E-state index in [1.807, 2.05) is 0 Å². The summed E-state index contributed by atoms with van der Waals surface area (Å²) < 4.78 is 4.90. The van der Waals surface area contributed by atoms with Crippen LogP contribution in [0, 0.1) is 5.92 Å². The molecule has 1 aromatic carbocycles. The molecule has 1 saturated heterocycles. The SMILES string of the molecule is COC(=O)c1ccc(C(=O)Nc2ccc(Cl)cn2)c(N(CC2CCNCC2)C(C)C)c1. The maximum Gasteiger partial charge on any atom is 0.337 e. The number of amides is 1. The molecular weight excluding hydrogens is 416 g/mol. The van der Waals surface area contributed by atoms with E-state index >= 15 is 0 Å². The van der Waals surface area contributed by atoms with E-state index in [4.69, 9.17) is 16.3 Å². The van der Waals surface area contributed by atoms with Gasteiger partial charge < -0.3 is 20.3 Å². The fourth-order valence-electron chi connectivity index (χ4n) is 3.77. The Kier molecular flexibility index (Phi) is 7.87. The molecule has 0 spiro atoms. The van der Waals surface area contributed by atoms with Gasteiger partial charge in [0, 0.05) is 18.8 Å². The molecule has 1 aliphatic rings. The number of halogens is 1. The number of esters is 1. The van der Waals surface area contributed by atoms with Crippen LogP contribution in [0.5, 0.6) is 0 Å². The molecule has 2 N–H and O–H groups in total. The summed E-state index contributed by atoms with van der Waals surface area (Å²) in [7, 11) is 1.35. The molecule has 31 heavy (non-hydrogen) atoms. The number of nitrogens with one attached hydrogen (secondary N) is 2. The number of nitrogens with zero attached hydrogens (tertiary/aromatic N) is 2. The van der Waals surface area contributed by atoms with Gasteiger partial charge in [0.2, 0.25) is 0 Å². The molecule has 1 fully saturated rings. The number of methoxy groups -OCH3 is 1. The number of ether oxygens (including phenoxy) is 1. The number of hydrogen-bond donors (Lipinski definition) is 2. The van der Waals surface area contributed by atoms with E-state index in [0.29, 0.717) is 33.6 Å². The van der Waals surface area contributed by atoms with Crippen molar-refractivity contribution in [2.24, 2.45) is 5.92 Å². The van der Waals surface area contributed by atoms with E-state index in [-0.39, 0.29) is 11.9 Å². The molecule has 8 heteroatoms. The van der Waals surface area contributed by atoms with Gasteiger partial charge in [-0.25, -0.2) is 9.78 Å². The Balaban J connectivity index is 1.95. The van der Waals surface area contributed by atoms with Crippen LogP contribution >= 0.6 is 11.6 Å². The van der Waals surface area contributed by atoms with Crippen molar-refractivity contribution in [2.75, 3.05) is 37.0 Å². The Morgan fingerprint density at radius 3 is 2.61 bits per heavy atom. The van der Waals surface area contributed by atoms with Gasteiger partial charge in [0.05, 0.1) is 28.9 Å². The number of pyridine rings is 1. The predicted octanol–water partition coefficient (Wildman–Crippen LogP) is 3.99. The molecule has 7 nitrogen and oxygen atoms in total. The largest absolute Gasteiger partial charge is 0.465 e. The van der Waals surface area contributed by atoms with Gasteiger partial charge in [0.15, 0.2) is 0 Å². The van der Waals surface area contributed by atoms with E-state index < -0.39 is 5.97 Å². The summed E-state index contributed by atoms with van der Waals surface area (Å²) in [5, 5.41) is 6.71. The lowest BCUT2D eigenvalue weighted by Gasteiger charge is -2.35. The van der Waals surface area contributed by atoms with Crippen molar-refractivity contribution in [3.8, 4) is 0 Å². The minimum atomic E-state index is -0.432. The lowest BCUT2D eigenvalue weighted by molar-refractivity contribution is 0.0600. The molecule has 1 amide bonds. The molecule has 0 bridgehead atoms. The Bertz CT molecular complexity index is 912. The highest BCUT2D eigenvalue weighted by atomic mass is 35.5. The zero-order valence-electron chi connectivity index (χ0n) is 18.2. The molecule has 2 aromatic rings. The number of anilines is 2. The van der Waals surface area contributed by atoms with Crippen molar-refractivity contribution in [1.29, 1.82) is 0 Å². The fraction of sp³-hybridized carbons (Fsp3) is 0.435. The number of carbonyl (C=O) groups is 2. The molecule has 0 radical (unpaired) electrons. The van der Waals surface area contributed by atoms with E-state index in [1.54, 1.807) is 30.3 Å². The van der Waals surface area contributed by atoms with Crippen molar-refractivity contribution < 1.29 is 14.3 Å². The standard InChI is InChI=1S/C23H29ClN4O3/c1-15(2)28(14-16-8-10-25-11-9-16)20-12-17(23(30)31-3)4-6-19(20)22(29)27-21-7-5-18(24)13-26-21/h4-7,12-13,15-16,25H,8-11,14H2,1-3H3,(H,26,27,29). The molecule has 166 valence electrons. The monoisotopic (exact) mass is 444 g/mol. The zero-order chi connectivity index (χ0) is 22.4. The van der Waals surface area contributed by atoms with Crippen molar-refractivity contribution in [3.05, 3.63) is 52.7 Å². The summed E-state index contributed by atoms with van der Waals surface area (Å²) in [5.41, 5.74) is 1.60. The molecule has 1 aromatic heterocycles. The second-order valence-corrected chi connectivity index (χ2v) is 8.42.